The minimum atomic E-state index is -0.864. The zero-order chi connectivity index (χ0) is 12.8. The van der Waals surface area contributed by atoms with Crippen LogP contribution in [0.25, 0.3) is 0 Å². The van der Waals surface area contributed by atoms with E-state index in [1.807, 2.05) is 6.92 Å². The molecule has 1 aliphatic rings. The van der Waals surface area contributed by atoms with Crippen molar-refractivity contribution in [1.29, 1.82) is 0 Å². The highest BCUT2D eigenvalue weighted by atomic mass is 16.4. The van der Waals surface area contributed by atoms with Crippen molar-refractivity contribution in [2.45, 2.75) is 45.6 Å². The van der Waals surface area contributed by atoms with E-state index in [2.05, 4.69) is 5.32 Å². The lowest BCUT2D eigenvalue weighted by Gasteiger charge is -2.25. The number of aliphatic carboxylic acids is 1. The van der Waals surface area contributed by atoms with Gasteiger partial charge in [0.15, 0.2) is 0 Å². The molecule has 98 valence electrons. The maximum Gasteiger partial charge on any atom is 0.317 e. The first-order chi connectivity index (χ1) is 8.04. The van der Waals surface area contributed by atoms with E-state index in [-0.39, 0.29) is 18.6 Å². The highest BCUT2D eigenvalue weighted by Crippen LogP contribution is 2.17. The lowest BCUT2D eigenvalue weighted by molar-refractivity contribution is -0.141. The number of amides is 2. The van der Waals surface area contributed by atoms with E-state index in [4.69, 9.17) is 5.11 Å². The molecule has 0 spiro atoms. The van der Waals surface area contributed by atoms with Gasteiger partial charge in [0.2, 0.25) is 0 Å². The van der Waals surface area contributed by atoms with Gasteiger partial charge in [-0.3, -0.25) is 4.79 Å². The van der Waals surface area contributed by atoms with E-state index >= 15 is 0 Å². The van der Waals surface area contributed by atoms with Gasteiger partial charge in [0, 0.05) is 19.1 Å². The predicted octanol–water partition coefficient (Wildman–Crippen LogP) is 1.68. The van der Waals surface area contributed by atoms with Gasteiger partial charge in [0.1, 0.15) is 0 Å². The number of nitrogens with one attached hydrogen (secondary N) is 1. The summed E-state index contributed by atoms with van der Waals surface area (Å²) in [4.78, 5) is 24.2. The number of carboxylic acid groups (broad SMARTS) is 1. The van der Waals surface area contributed by atoms with Crippen LogP contribution in [0.2, 0.25) is 0 Å². The Kier molecular flexibility index (Phi) is 5.25. The minimum absolute atomic E-state index is 0.132. The summed E-state index contributed by atoms with van der Waals surface area (Å²) in [6.45, 7) is 4.29. The summed E-state index contributed by atoms with van der Waals surface area (Å²) in [5, 5.41) is 11.8. The van der Waals surface area contributed by atoms with Crippen LogP contribution in [-0.2, 0) is 4.79 Å². The summed E-state index contributed by atoms with van der Waals surface area (Å²) in [5.74, 6) is -1.39. The molecule has 1 rings (SSSR count). The monoisotopic (exact) mass is 242 g/mol. The quantitative estimate of drug-likeness (QED) is 0.770. The molecule has 0 aromatic heterocycles. The first-order valence-electron chi connectivity index (χ1n) is 6.32. The Morgan fingerprint density at radius 2 is 2.00 bits per heavy atom. The average molecular weight is 242 g/mol. The summed E-state index contributed by atoms with van der Waals surface area (Å²) in [6.07, 6.45) is 4.42. The Balaban J connectivity index is 2.42. The van der Waals surface area contributed by atoms with Crippen molar-refractivity contribution in [3.8, 4) is 0 Å². The van der Waals surface area contributed by atoms with Crippen molar-refractivity contribution in [1.82, 2.24) is 10.2 Å². The van der Waals surface area contributed by atoms with Gasteiger partial charge in [-0.25, -0.2) is 4.79 Å². The van der Waals surface area contributed by atoms with Crippen LogP contribution < -0.4 is 5.32 Å². The Morgan fingerprint density at radius 1 is 1.41 bits per heavy atom. The van der Waals surface area contributed by atoms with Crippen molar-refractivity contribution < 1.29 is 14.7 Å². The molecule has 0 saturated heterocycles. The van der Waals surface area contributed by atoms with Crippen LogP contribution in [0.5, 0.6) is 0 Å². The zero-order valence-electron chi connectivity index (χ0n) is 10.6. The fourth-order valence-electron chi connectivity index (χ4n) is 2.10. The number of nitrogens with zero attached hydrogens (tertiary/aromatic N) is 1. The second-order valence-corrected chi connectivity index (χ2v) is 4.71. The fourth-order valence-corrected chi connectivity index (χ4v) is 2.10. The lowest BCUT2D eigenvalue weighted by Crippen LogP contribution is -2.46. The van der Waals surface area contributed by atoms with E-state index in [0.717, 1.165) is 12.8 Å². The van der Waals surface area contributed by atoms with E-state index in [1.165, 1.54) is 12.8 Å². The predicted molar refractivity (Wildman–Crippen MR) is 64.8 cm³/mol. The molecule has 2 amide bonds. The van der Waals surface area contributed by atoms with Crippen molar-refractivity contribution >= 4 is 12.0 Å². The highest BCUT2D eigenvalue weighted by molar-refractivity contribution is 5.76. The average Bonchev–Trinajstić information content (AvgIpc) is 2.77. The van der Waals surface area contributed by atoms with Crippen molar-refractivity contribution in [3.63, 3.8) is 0 Å². The first-order valence-corrected chi connectivity index (χ1v) is 6.32. The molecule has 5 heteroatoms. The number of carboxylic acids is 1. The standard InChI is InChI=1S/C12H22N2O3/c1-3-14(8-9(2)11(15)16)12(17)13-10-6-4-5-7-10/h9-10H,3-8H2,1-2H3,(H,13,17)(H,15,16). The Hall–Kier alpha value is -1.26. The van der Waals surface area contributed by atoms with Gasteiger partial charge in [0.05, 0.1) is 5.92 Å². The summed E-state index contributed by atoms with van der Waals surface area (Å²) >= 11 is 0. The molecule has 17 heavy (non-hydrogen) atoms. The summed E-state index contributed by atoms with van der Waals surface area (Å²) in [7, 11) is 0. The highest BCUT2D eigenvalue weighted by Gasteiger charge is 2.22. The van der Waals surface area contributed by atoms with E-state index in [9.17, 15) is 9.59 Å². The summed E-state index contributed by atoms with van der Waals surface area (Å²) < 4.78 is 0. The zero-order valence-corrected chi connectivity index (χ0v) is 10.6. The van der Waals surface area contributed by atoms with Gasteiger partial charge < -0.3 is 15.3 Å². The minimum Gasteiger partial charge on any atom is -0.481 e. The third-order valence-corrected chi connectivity index (χ3v) is 3.27. The molecular formula is C12H22N2O3. The third-order valence-electron chi connectivity index (χ3n) is 3.27. The van der Waals surface area contributed by atoms with Crippen LogP contribution in [0.3, 0.4) is 0 Å². The van der Waals surface area contributed by atoms with E-state index < -0.39 is 11.9 Å². The smallest absolute Gasteiger partial charge is 0.317 e. The van der Waals surface area contributed by atoms with E-state index in [1.54, 1.807) is 11.8 Å². The molecular weight excluding hydrogens is 220 g/mol. The number of hydrogen-bond donors (Lipinski definition) is 2. The van der Waals surface area contributed by atoms with Gasteiger partial charge in [-0.1, -0.05) is 19.8 Å². The van der Waals surface area contributed by atoms with Gasteiger partial charge >= 0.3 is 12.0 Å². The van der Waals surface area contributed by atoms with Crippen molar-refractivity contribution in [2.24, 2.45) is 5.92 Å². The third kappa shape index (κ3) is 4.24. The largest absolute Gasteiger partial charge is 0.481 e. The molecule has 0 bridgehead atoms. The van der Waals surface area contributed by atoms with Gasteiger partial charge in [-0.15, -0.1) is 0 Å². The van der Waals surface area contributed by atoms with Gasteiger partial charge in [-0.2, -0.15) is 0 Å². The molecule has 1 atom stereocenters. The maximum atomic E-state index is 11.9. The van der Waals surface area contributed by atoms with Crippen LogP contribution >= 0.6 is 0 Å². The molecule has 2 N–H and O–H groups in total. The molecule has 1 fully saturated rings. The molecule has 0 aromatic rings. The summed E-state index contributed by atoms with van der Waals surface area (Å²) in [5.41, 5.74) is 0. The molecule has 5 nitrogen and oxygen atoms in total. The molecule has 1 saturated carbocycles. The number of hydrogen-bond acceptors (Lipinski definition) is 2. The SMILES string of the molecule is CCN(CC(C)C(=O)O)C(=O)NC1CCCC1. The number of carbonyl (C=O) groups is 2. The Bertz CT molecular complexity index is 275. The van der Waals surface area contributed by atoms with Crippen LogP contribution in [0.15, 0.2) is 0 Å². The topological polar surface area (TPSA) is 69.6 Å². The van der Waals surface area contributed by atoms with Crippen LogP contribution in [0, 0.1) is 5.92 Å². The normalized spacial score (nSPS) is 17.8. The molecule has 0 aromatic carbocycles. The number of carbonyl (C=O) groups excluding carboxylic acids is 1. The molecule has 1 aliphatic carbocycles. The van der Waals surface area contributed by atoms with Crippen molar-refractivity contribution in [3.05, 3.63) is 0 Å². The fraction of sp³-hybridized carbons (Fsp3) is 0.833. The summed E-state index contributed by atoms with van der Waals surface area (Å²) in [6, 6.07) is 0.143. The Morgan fingerprint density at radius 3 is 2.47 bits per heavy atom. The van der Waals surface area contributed by atoms with Gasteiger partial charge in [0.25, 0.3) is 0 Å². The van der Waals surface area contributed by atoms with E-state index in [0.29, 0.717) is 6.54 Å². The molecule has 0 heterocycles. The molecule has 1 unspecified atom stereocenters. The van der Waals surface area contributed by atoms with Crippen LogP contribution in [0.4, 0.5) is 4.79 Å². The van der Waals surface area contributed by atoms with Gasteiger partial charge in [-0.05, 0) is 19.8 Å². The first kappa shape index (κ1) is 13.8. The van der Waals surface area contributed by atoms with Crippen LogP contribution in [-0.4, -0.2) is 41.1 Å². The Labute approximate surface area is 102 Å². The second-order valence-electron chi connectivity index (χ2n) is 4.71. The van der Waals surface area contributed by atoms with Crippen LogP contribution in [0.1, 0.15) is 39.5 Å². The maximum absolute atomic E-state index is 11.9. The molecule has 0 radical (unpaired) electrons. The number of urea groups is 1. The number of rotatable bonds is 5. The lowest BCUT2D eigenvalue weighted by atomic mass is 10.2. The molecule has 0 aliphatic heterocycles. The van der Waals surface area contributed by atoms with Crippen molar-refractivity contribution in [2.75, 3.05) is 13.1 Å². The second kappa shape index (κ2) is 6.47.